The molecule has 0 radical (unpaired) electrons. The number of ketones is 1. The van der Waals surface area contributed by atoms with Crippen molar-refractivity contribution in [3.8, 4) is 0 Å². The van der Waals surface area contributed by atoms with Crippen LogP contribution < -0.4 is 5.43 Å². The first-order chi connectivity index (χ1) is 15.9. The van der Waals surface area contributed by atoms with Gasteiger partial charge in [0.2, 0.25) is 5.78 Å². The highest BCUT2D eigenvalue weighted by Gasteiger charge is 2.17. The molecule has 0 aliphatic rings. The minimum atomic E-state index is -0.618. The molecule has 4 rings (SSSR count). The Kier molecular flexibility index (Phi) is 6.91. The molecule has 3 aromatic carbocycles. The first-order valence-electron chi connectivity index (χ1n) is 10.1. The van der Waals surface area contributed by atoms with Crippen molar-refractivity contribution in [3.63, 3.8) is 0 Å². The summed E-state index contributed by atoms with van der Waals surface area (Å²) in [4.78, 5) is 46.4. The molecular formula is C25H19ClN2O4S. The molecule has 8 heteroatoms. The molecular weight excluding hydrogens is 460 g/mol. The van der Waals surface area contributed by atoms with Gasteiger partial charge in [0.15, 0.2) is 5.43 Å². The second kappa shape index (κ2) is 10.0. The fourth-order valence-electron chi connectivity index (χ4n) is 3.35. The normalized spacial score (nSPS) is 11.6. The number of halogens is 1. The molecule has 0 amide bonds. The molecule has 166 valence electrons. The molecule has 0 aliphatic heterocycles. The number of para-hydroxylation sites is 1. The molecule has 0 atom stereocenters. The number of nitrogens with zero attached hydrogens (tertiary/aromatic N) is 1. The summed E-state index contributed by atoms with van der Waals surface area (Å²) in [5.74, 6) is -0.485. The zero-order chi connectivity index (χ0) is 23.4. The summed E-state index contributed by atoms with van der Waals surface area (Å²) in [6.07, 6.45) is 0.269. The highest BCUT2D eigenvalue weighted by atomic mass is 35.5. The van der Waals surface area contributed by atoms with Crippen molar-refractivity contribution in [2.24, 2.45) is 5.16 Å². The highest BCUT2D eigenvalue weighted by molar-refractivity contribution is 7.99. The summed E-state index contributed by atoms with van der Waals surface area (Å²) >= 11 is 7.44. The van der Waals surface area contributed by atoms with Gasteiger partial charge in [0.05, 0.1) is 0 Å². The van der Waals surface area contributed by atoms with Crippen molar-refractivity contribution < 1.29 is 14.4 Å². The summed E-state index contributed by atoms with van der Waals surface area (Å²) in [6, 6.07) is 19.4. The van der Waals surface area contributed by atoms with Crippen LogP contribution in [0.2, 0.25) is 5.02 Å². The lowest BCUT2D eigenvalue weighted by molar-refractivity contribution is -0.140. The molecule has 1 N–H and O–H groups in total. The maximum atomic E-state index is 13.2. The number of aromatic amines is 1. The van der Waals surface area contributed by atoms with Crippen LogP contribution in [0.3, 0.4) is 0 Å². The topological polar surface area (TPSA) is 88.6 Å². The van der Waals surface area contributed by atoms with E-state index in [4.69, 9.17) is 16.4 Å². The molecule has 1 heterocycles. The van der Waals surface area contributed by atoms with Gasteiger partial charge in [-0.05, 0) is 54.6 Å². The van der Waals surface area contributed by atoms with Crippen molar-refractivity contribution in [2.75, 3.05) is 5.75 Å². The van der Waals surface area contributed by atoms with Crippen LogP contribution in [0.15, 0.2) is 81.6 Å². The number of hydrogen-bond donors (Lipinski definition) is 1. The van der Waals surface area contributed by atoms with Gasteiger partial charge in [0.25, 0.3) is 0 Å². The van der Waals surface area contributed by atoms with Gasteiger partial charge < -0.3 is 9.82 Å². The standard InChI is InChI=1S/C25H19ClN2O4S/c1-15(29)32-28-23(12-13-33-18-9-7-17(26)8-10-18)24(30)16-6-11-22-20(14-16)25(31)19-4-2-3-5-21(19)27-22/h2-11,14H,12-13H2,1H3,(H,27,31)/b28-23+. The summed E-state index contributed by atoms with van der Waals surface area (Å²) in [6.45, 7) is 1.22. The van der Waals surface area contributed by atoms with Gasteiger partial charge in [-0.25, -0.2) is 4.79 Å². The van der Waals surface area contributed by atoms with E-state index in [2.05, 4.69) is 10.1 Å². The summed E-state index contributed by atoms with van der Waals surface area (Å²) in [5, 5.41) is 5.39. The Labute approximate surface area is 198 Å². The molecule has 0 aliphatic carbocycles. The average molecular weight is 479 g/mol. The number of thioether (sulfide) groups is 1. The number of hydrogen-bond acceptors (Lipinski definition) is 6. The van der Waals surface area contributed by atoms with Crippen LogP contribution in [0, 0.1) is 0 Å². The van der Waals surface area contributed by atoms with E-state index in [0.29, 0.717) is 32.6 Å². The van der Waals surface area contributed by atoms with Gasteiger partial charge in [-0.15, -0.1) is 11.8 Å². The van der Waals surface area contributed by atoms with Crippen molar-refractivity contribution >= 4 is 62.6 Å². The zero-order valence-electron chi connectivity index (χ0n) is 17.6. The second-order valence-corrected chi connectivity index (χ2v) is 8.87. The molecule has 1 aromatic heterocycles. The number of aromatic nitrogens is 1. The SMILES string of the molecule is CC(=O)O/N=C(\CCSc1ccc(Cl)cc1)C(=O)c1ccc2[nH]c3ccccc3c(=O)c2c1. The third-order valence-corrected chi connectivity index (χ3v) is 6.20. The lowest BCUT2D eigenvalue weighted by Crippen LogP contribution is -2.17. The van der Waals surface area contributed by atoms with Crippen LogP contribution in [0.25, 0.3) is 21.8 Å². The number of carbonyl (C=O) groups excluding carboxylic acids is 2. The summed E-state index contributed by atoms with van der Waals surface area (Å²) < 4.78 is 0. The fraction of sp³-hybridized carbons (Fsp3) is 0.120. The van der Waals surface area contributed by atoms with E-state index in [1.165, 1.54) is 18.7 Å². The van der Waals surface area contributed by atoms with Crippen LogP contribution >= 0.6 is 23.4 Å². The molecule has 0 saturated carbocycles. The van der Waals surface area contributed by atoms with E-state index in [1.54, 1.807) is 42.5 Å². The van der Waals surface area contributed by atoms with E-state index in [9.17, 15) is 14.4 Å². The van der Waals surface area contributed by atoms with Gasteiger partial charge in [0, 0.05) is 56.4 Å². The molecule has 0 saturated heterocycles. The number of H-pyrrole nitrogens is 1. The summed E-state index contributed by atoms with van der Waals surface area (Å²) in [5.41, 5.74) is 1.59. The molecule has 4 aromatic rings. The Morgan fingerprint density at radius 3 is 2.48 bits per heavy atom. The largest absolute Gasteiger partial charge is 0.354 e. The number of carbonyl (C=O) groups is 2. The Morgan fingerprint density at radius 2 is 1.73 bits per heavy atom. The predicted molar refractivity (Wildman–Crippen MR) is 132 cm³/mol. The van der Waals surface area contributed by atoms with Crippen LogP contribution in [0.1, 0.15) is 23.7 Å². The minimum Gasteiger partial charge on any atom is -0.354 e. The van der Waals surface area contributed by atoms with Crippen molar-refractivity contribution in [2.45, 2.75) is 18.2 Å². The van der Waals surface area contributed by atoms with E-state index in [1.807, 2.05) is 24.3 Å². The third kappa shape index (κ3) is 5.32. The quantitative estimate of drug-likeness (QED) is 0.0929. The van der Waals surface area contributed by atoms with Crippen molar-refractivity contribution in [3.05, 3.63) is 87.5 Å². The lowest BCUT2D eigenvalue weighted by Gasteiger charge is -2.08. The van der Waals surface area contributed by atoms with Crippen LogP contribution in [0.5, 0.6) is 0 Å². The summed E-state index contributed by atoms with van der Waals surface area (Å²) in [7, 11) is 0. The van der Waals surface area contributed by atoms with Gasteiger partial charge in [0.1, 0.15) is 5.71 Å². The number of pyridine rings is 1. The first kappa shape index (κ1) is 22.8. The Morgan fingerprint density at radius 1 is 1.00 bits per heavy atom. The van der Waals surface area contributed by atoms with E-state index >= 15 is 0 Å². The monoisotopic (exact) mass is 478 g/mol. The van der Waals surface area contributed by atoms with E-state index < -0.39 is 11.8 Å². The fourth-order valence-corrected chi connectivity index (χ4v) is 4.33. The second-order valence-electron chi connectivity index (χ2n) is 7.26. The van der Waals surface area contributed by atoms with Gasteiger partial charge in [-0.2, -0.15) is 0 Å². The molecule has 6 nitrogen and oxygen atoms in total. The smallest absolute Gasteiger partial charge is 0.331 e. The van der Waals surface area contributed by atoms with E-state index in [-0.39, 0.29) is 17.6 Å². The number of nitrogens with one attached hydrogen (secondary N) is 1. The molecule has 0 spiro atoms. The maximum Gasteiger partial charge on any atom is 0.331 e. The van der Waals surface area contributed by atoms with Crippen molar-refractivity contribution in [1.29, 1.82) is 0 Å². The van der Waals surface area contributed by atoms with Crippen LogP contribution in [0.4, 0.5) is 0 Å². The van der Waals surface area contributed by atoms with Gasteiger partial charge in [-0.3, -0.25) is 9.59 Å². The zero-order valence-corrected chi connectivity index (χ0v) is 19.2. The first-order valence-corrected chi connectivity index (χ1v) is 11.5. The maximum absolute atomic E-state index is 13.2. The van der Waals surface area contributed by atoms with Crippen LogP contribution in [-0.4, -0.2) is 28.2 Å². The number of oxime groups is 1. The minimum absolute atomic E-state index is 0.100. The highest BCUT2D eigenvalue weighted by Crippen LogP contribution is 2.22. The number of Topliss-reactive ketones (excluding diaryl/α,β-unsaturated/α-hetero) is 1. The lowest BCUT2D eigenvalue weighted by atomic mass is 10.0. The average Bonchev–Trinajstić information content (AvgIpc) is 2.82. The Bertz CT molecular complexity index is 1440. The molecule has 0 unspecified atom stereocenters. The van der Waals surface area contributed by atoms with Gasteiger partial charge in [-0.1, -0.05) is 28.9 Å². The third-order valence-electron chi connectivity index (χ3n) is 4.94. The number of rotatable bonds is 7. The van der Waals surface area contributed by atoms with E-state index in [0.717, 1.165) is 10.4 Å². The van der Waals surface area contributed by atoms with Crippen LogP contribution in [-0.2, 0) is 9.63 Å². The molecule has 33 heavy (non-hydrogen) atoms. The van der Waals surface area contributed by atoms with Crippen molar-refractivity contribution in [1.82, 2.24) is 4.98 Å². The Hall–Kier alpha value is -3.42. The predicted octanol–water partition coefficient (Wildman–Crippen LogP) is 5.62. The molecule has 0 bridgehead atoms. The number of benzene rings is 3. The van der Waals surface area contributed by atoms with Gasteiger partial charge >= 0.3 is 5.97 Å². The Balaban J connectivity index is 1.61. The molecule has 0 fully saturated rings. The number of fused-ring (bicyclic) bond motifs is 2.